The van der Waals surface area contributed by atoms with E-state index in [-0.39, 0.29) is 11.8 Å². The molecule has 0 aliphatic carbocycles. The third kappa shape index (κ3) is 4.23. The Balaban J connectivity index is 1.58. The Labute approximate surface area is 144 Å². The van der Waals surface area contributed by atoms with E-state index < -0.39 is 22.8 Å². The van der Waals surface area contributed by atoms with Crippen LogP contribution >= 0.6 is 0 Å². The van der Waals surface area contributed by atoms with Crippen LogP contribution in [0.4, 0.5) is 5.88 Å². The molecule has 1 aromatic heterocycles. The van der Waals surface area contributed by atoms with Crippen LogP contribution in [0.15, 0.2) is 46.9 Å². The number of aliphatic hydroxyl groups is 1. The Bertz CT molecular complexity index is 746. The van der Waals surface area contributed by atoms with E-state index in [0.717, 1.165) is 11.6 Å². The summed E-state index contributed by atoms with van der Waals surface area (Å²) in [6, 6.07) is 12.3. The molecular formula is C17H19N3O5. The monoisotopic (exact) mass is 345 g/mol. The van der Waals surface area contributed by atoms with Crippen molar-refractivity contribution in [2.45, 2.75) is 25.1 Å². The van der Waals surface area contributed by atoms with Gasteiger partial charge in [0, 0.05) is 25.7 Å². The van der Waals surface area contributed by atoms with Crippen LogP contribution in [0, 0.1) is 10.1 Å². The Morgan fingerprint density at radius 3 is 2.76 bits per heavy atom. The average molecular weight is 345 g/mol. The molecule has 132 valence electrons. The van der Waals surface area contributed by atoms with Gasteiger partial charge in [-0.3, -0.25) is 19.8 Å². The van der Waals surface area contributed by atoms with Crippen molar-refractivity contribution in [3.8, 4) is 0 Å². The number of nitrogens with zero attached hydrogens (tertiary/aromatic N) is 2. The van der Waals surface area contributed by atoms with E-state index in [4.69, 9.17) is 4.42 Å². The van der Waals surface area contributed by atoms with Crippen molar-refractivity contribution in [1.29, 1.82) is 0 Å². The second-order valence-electron chi connectivity index (χ2n) is 6.06. The highest BCUT2D eigenvalue weighted by atomic mass is 16.6. The van der Waals surface area contributed by atoms with Gasteiger partial charge in [-0.25, -0.2) is 0 Å². The van der Waals surface area contributed by atoms with E-state index in [2.05, 4.69) is 10.2 Å². The SMILES string of the molecule is O=C(NCC1CC(O)CN1Cc1ccccc1)c1ccc([N+](=O)[O-])o1. The standard InChI is InChI=1S/C17H19N3O5/c21-14-8-13(19(11-14)10-12-4-2-1-3-5-12)9-18-17(22)15-6-7-16(25-15)20(23)24/h1-7,13-14,21H,8-11H2,(H,18,22). The molecule has 2 unspecified atom stereocenters. The molecule has 25 heavy (non-hydrogen) atoms. The van der Waals surface area contributed by atoms with Gasteiger partial charge in [0.25, 0.3) is 5.91 Å². The number of carbonyl (C=O) groups is 1. The highest BCUT2D eigenvalue weighted by molar-refractivity contribution is 5.91. The molecule has 2 atom stereocenters. The first-order valence-corrected chi connectivity index (χ1v) is 8.01. The number of nitro groups is 1. The average Bonchev–Trinajstić information content (AvgIpc) is 3.21. The lowest BCUT2D eigenvalue weighted by Gasteiger charge is -2.24. The van der Waals surface area contributed by atoms with Crippen molar-refractivity contribution in [3.05, 3.63) is 63.9 Å². The van der Waals surface area contributed by atoms with Gasteiger partial charge in [0.1, 0.15) is 4.92 Å². The summed E-state index contributed by atoms with van der Waals surface area (Å²) < 4.78 is 4.89. The van der Waals surface area contributed by atoms with E-state index in [1.807, 2.05) is 30.3 Å². The van der Waals surface area contributed by atoms with Crippen molar-refractivity contribution in [2.75, 3.05) is 13.1 Å². The highest BCUT2D eigenvalue weighted by Crippen LogP contribution is 2.21. The van der Waals surface area contributed by atoms with Gasteiger partial charge in [-0.05, 0) is 18.1 Å². The van der Waals surface area contributed by atoms with Crippen LogP contribution in [0.25, 0.3) is 0 Å². The Morgan fingerprint density at radius 1 is 1.32 bits per heavy atom. The first kappa shape index (κ1) is 17.1. The third-order valence-electron chi connectivity index (χ3n) is 4.23. The maximum Gasteiger partial charge on any atom is 0.433 e. The maximum atomic E-state index is 12.1. The van der Waals surface area contributed by atoms with Gasteiger partial charge in [0.05, 0.1) is 12.2 Å². The van der Waals surface area contributed by atoms with E-state index in [9.17, 15) is 20.0 Å². The molecule has 0 saturated carbocycles. The normalized spacial score (nSPS) is 20.5. The molecule has 2 aromatic rings. The van der Waals surface area contributed by atoms with Gasteiger partial charge in [-0.2, -0.15) is 0 Å². The van der Waals surface area contributed by atoms with Gasteiger partial charge < -0.3 is 14.8 Å². The molecule has 8 nitrogen and oxygen atoms in total. The van der Waals surface area contributed by atoms with Crippen LogP contribution in [0.1, 0.15) is 22.5 Å². The van der Waals surface area contributed by atoms with Gasteiger partial charge in [0.2, 0.25) is 0 Å². The van der Waals surface area contributed by atoms with Gasteiger partial charge >= 0.3 is 5.88 Å². The first-order valence-electron chi connectivity index (χ1n) is 8.01. The van der Waals surface area contributed by atoms with Crippen molar-refractivity contribution in [2.24, 2.45) is 0 Å². The smallest absolute Gasteiger partial charge is 0.395 e. The molecule has 1 aromatic carbocycles. The minimum Gasteiger partial charge on any atom is -0.395 e. The number of amides is 1. The number of nitrogens with one attached hydrogen (secondary N) is 1. The van der Waals surface area contributed by atoms with Crippen LogP contribution in [-0.4, -0.2) is 46.1 Å². The molecule has 8 heteroatoms. The number of carbonyl (C=O) groups excluding carboxylic acids is 1. The van der Waals surface area contributed by atoms with Crippen LogP contribution in [-0.2, 0) is 6.54 Å². The molecule has 0 spiro atoms. The lowest BCUT2D eigenvalue weighted by Crippen LogP contribution is -2.39. The summed E-state index contributed by atoms with van der Waals surface area (Å²) >= 11 is 0. The van der Waals surface area contributed by atoms with E-state index >= 15 is 0 Å². The fourth-order valence-electron chi connectivity index (χ4n) is 3.03. The molecule has 3 rings (SSSR count). The van der Waals surface area contributed by atoms with Gasteiger partial charge in [0.15, 0.2) is 5.76 Å². The summed E-state index contributed by atoms with van der Waals surface area (Å²) in [6.07, 6.45) is 0.126. The Morgan fingerprint density at radius 2 is 2.08 bits per heavy atom. The number of likely N-dealkylation sites (tertiary alicyclic amines) is 1. The summed E-state index contributed by atoms with van der Waals surface area (Å²) in [6.45, 7) is 1.56. The van der Waals surface area contributed by atoms with Crippen LogP contribution in [0.2, 0.25) is 0 Å². The van der Waals surface area contributed by atoms with Gasteiger partial charge in [-0.15, -0.1) is 0 Å². The zero-order chi connectivity index (χ0) is 17.8. The van der Waals surface area contributed by atoms with Crippen molar-refractivity contribution >= 4 is 11.8 Å². The highest BCUT2D eigenvalue weighted by Gasteiger charge is 2.31. The van der Waals surface area contributed by atoms with Crippen LogP contribution in [0.5, 0.6) is 0 Å². The van der Waals surface area contributed by atoms with E-state index in [1.165, 1.54) is 6.07 Å². The molecule has 1 aliphatic heterocycles. The van der Waals surface area contributed by atoms with E-state index in [0.29, 0.717) is 26.1 Å². The Kier molecular flexibility index (Phi) is 5.11. The zero-order valence-electron chi connectivity index (χ0n) is 13.5. The number of furan rings is 1. The summed E-state index contributed by atoms with van der Waals surface area (Å²) in [5, 5.41) is 23.3. The largest absolute Gasteiger partial charge is 0.433 e. The molecule has 1 aliphatic rings. The second-order valence-corrected chi connectivity index (χ2v) is 6.06. The lowest BCUT2D eigenvalue weighted by atomic mass is 10.1. The summed E-state index contributed by atoms with van der Waals surface area (Å²) in [5.41, 5.74) is 1.13. The molecular weight excluding hydrogens is 326 g/mol. The number of aliphatic hydroxyl groups excluding tert-OH is 1. The number of hydrogen-bond donors (Lipinski definition) is 2. The molecule has 0 radical (unpaired) electrons. The second kappa shape index (κ2) is 7.45. The zero-order valence-corrected chi connectivity index (χ0v) is 13.5. The Hall–Kier alpha value is -2.71. The van der Waals surface area contributed by atoms with E-state index in [1.54, 1.807) is 0 Å². The summed E-state index contributed by atoms with van der Waals surface area (Å²) in [5.74, 6) is -1.07. The molecule has 1 saturated heterocycles. The third-order valence-corrected chi connectivity index (χ3v) is 4.23. The summed E-state index contributed by atoms with van der Waals surface area (Å²) in [7, 11) is 0. The van der Waals surface area contributed by atoms with Crippen LogP contribution < -0.4 is 5.32 Å². The van der Waals surface area contributed by atoms with Gasteiger partial charge in [-0.1, -0.05) is 30.3 Å². The molecule has 1 amide bonds. The predicted octanol–water partition coefficient (Wildman–Crippen LogP) is 1.55. The lowest BCUT2D eigenvalue weighted by molar-refractivity contribution is -0.402. The first-order chi connectivity index (χ1) is 12.0. The fraction of sp³-hybridized carbons (Fsp3) is 0.353. The van der Waals surface area contributed by atoms with Crippen molar-refractivity contribution < 1.29 is 19.2 Å². The number of rotatable bonds is 6. The van der Waals surface area contributed by atoms with Crippen molar-refractivity contribution in [1.82, 2.24) is 10.2 Å². The number of benzene rings is 1. The molecule has 1 fully saturated rings. The molecule has 2 heterocycles. The van der Waals surface area contributed by atoms with Crippen molar-refractivity contribution in [3.63, 3.8) is 0 Å². The molecule has 0 bridgehead atoms. The quantitative estimate of drug-likeness (QED) is 0.607. The maximum absolute atomic E-state index is 12.1. The van der Waals surface area contributed by atoms with Crippen LogP contribution in [0.3, 0.4) is 0 Å². The topological polar surface area (TPSA) is 109 Å². The molecule has 2 N–H and O–H groups in total. The predicted molar refractivity (Wildman–Crippen MR) is 89.0 cm³/mol. The minimum absolute atomic E-state index is 0.0101. The summed E-state index contributed by atoms with van der Waals surface area (Å²) in [4.78, 5) is 24.1. The number of hydrogen-bond acceptors (Lipinski definition) is 6. The minimum atomic E-state index is -0.689. The number of β-amino-alcohol motifs (C(OH)–C–C–N with tert-alkyl or cyclic N) is 1. The fourth-order valence-corrected chi connectivity index (χ4v) is 3.03.